The summed E-state index contributed by atoms with van der Waals surface area (Å²) in [7, 11) is 1.58. The molecule has 1 aromatic heterocycles. The molecule has 6 nitrogen and oxygen atoms in total. The maximum atomic E-state index is 12.6. The van der Waals surface area contributed by atoms with Crippen LogP contribution in [0.15, 0.2) is 59.4 Å². The van der Waals surface area contributed by atoms with E-state index in [1.54, 1.807) is 44.4 Å². The SMILES string of the molecule is COc1ccc(NC(=O)[C@@H](C)n2nc(-c3ccc(C)c(C)c3)ccc2=O)cc1. The highest BCUT2D eigenvalue weighted by Gasteiger charge is 2.18. The molecule has 1 amide bonds. The van der Waals surface area contributed by atoms with E-state index < -0.39 is 6.04 Å². The third-order valence-electron chi connectivity index (χ3n) is 4.73. The van der Waals surface area contributed by atoms with Gasteiger partial charge in [-0.05, 0) is 68.3 Å². The number of nitrogens with zero attached hydrogens (tertiary/aromatic N) is 2. The summed E-state index contributed by atoms with van der Waals surface area (Å²) in [6, 6.07) is 15.3. The minimum Gasteiger partial charge on any atom is -0.497 e. The summed E-state index contributed by atoms with van der Waals surface area (Å²) >= 11 is 0. The van der Waals surface area contributed by atoms with Gasteiger partial charge in [0.1, 0.15) is 11.8 Å². The topological polar surface area (TPSA) is 73.2 Å². The zero-order valence-electron chi connectivity index (χ0n) is 16.4. The molecule has 0 spiro atoms. The minimum absolute atomic E-state index is 0.322. The molecule has 0 unspecified atom stereocenters. The van der Waals surface area contributed by atoms with Crippen molar-refractivity contribution in [2.24, 2.45) is 0 Å². The molecule has 0 aliphatic heterocycles. The van der Waals surface area contributed by atoms with Crippen LogP contribution >= 0.6 is 0 Å². The first-order chi connectivity index (χ1) is 13.4. The van der Waals surface area contributed by atoms with Gasteiger partial charge in [0.25, 0.3) is 5.56 Å². The molecule has 0 saturated carbocycles. The summed E-state index contributed by atoms with van der Waals surface area (Å²) in [4.78, 5) is 24.9. The van der Waals surface area contributed by atoms with E-state index in [1.807, 2.05) is 32.0 Å². The molecule has 144 valence electrons. The number of rotatable bonds is 5. The molecule has 0 saturated heterocycles. The van der Waals surface area contributed by atoms with E-state index in [2.05, 4.69) is 10.4 Å². The summed E-state index contributed by atoms with van der Waals surface area (Å²) in [6.45, 7) is 5.72. The van der Waals surface area contributed by atoms with Crippen molar-refractivity contribution in [3.63, 3.8) is 0 Å². The number of benzene rings is 2. The van der Waals surface area contributed by atoms with Crippen LogP contribution in [0.5, 0.6) is 5.75 Å². The lowest BCUT2D eigenvalue weighted by atomic mass is 10.0. The molecule has 0 aliphatic rings. The number of carbonyl (C=O) groups excluding carboxylic acids is 1. The summed E-state index contributed by atoms with van der Waals surface area (Å²) in [5, 5.41) is 7.23. The van der Waals surface area contributed by atoms with Crippen LogP contribution in [0, 0.1) is 13.8 Å². The number of amides is 1. The van der Waals surface area contributed by atoms with Crippen LogP contribution in [0.3, 0.4) is 0 Å². The van der Waals surface area contributed by atoms with Crippen molar-refractivity contribution in [2.45, 2.75) is 26.8 Å². The Balaban J connectivity index is 1.85. The van der Waals surface area contributed by atoms with Gasteiger partial charge in [-0.2, -0.15) is 5.10 Å². The maximum Gasteiger partial charge on any atom is 0.267 e. The largest absolute Gasteiger partial charge is 0.497 e. The van der Waals surface area contributed by atoms with Gasteiger partial charge in [-0.3, -0.25) is 9.59 Å². The average Bonchev–Trinajstić information content (AvgIpc) is 2.70. The summed E-state index contributed by atoms with van der Waals surface area (Å²) in [5.41, 5.74) is 4.17. The Morgan fingerprint density at radius 3 is 2.39 bits per heavy atom. The van der Waals surface area contributed by atoms with Gasteiger partial charge in [-0.1, -0.05) is 12.1 Å². The first-order valence-corrected chi connectivity index (χ1v) is 9.01. The molecule has 0 bridgehead atoms. The number of carbonyl (C=O) groups is 1. The molecule has 3 aromatic rings. The zero-order valence-corrected chi connectivity index (χ0v) is 16.4. The van der Waals surface area contributed by atoms with Crippen LogP contribution in [-0.4, -0.2) is 22.8 Å². The van der Waals surface area contributed by atoms with Crippen molar-refractivity contribution >= 4 is 11.6 Å². The molecule has 28 heavy (non-hydrogen) atoms. The number of nitrogens with one attached hydrogen (secondary N) is 1. The fraction of sp³-hybridized carbons (Fsp3) is 0.227. The van der Waals surface area contributed by atoms with Gasteiger partial charge >= 0.3 is 0 Å². The first-order valence-electron chi connectivity index (χ1n) is 9.01. The highest BCUT2D eigenvalue weighted by atomic mass is 16.5. The van der Waals surface area contributed by atoms with Gasteiger partial charge in [-0.15, -0.1) is 0 Å². The van der Waals surface area contributed by atoms with Crippen molar-refractivity contribution in [2.75, 3.05) is 12.4 Å². The second-order valence-corrected chi connectivity index (χ2v) is 6.69. The number of hydrogen-bond acceptors (Lipinski definition) is 4. The molecule has 0 aliphatic carbocycles. The number of ether oxygens (including phenoxy) is 1. The van der Waals surface area contributed by atoms with E-state index in [0.717, 1.165) is 11.1 Å². The van der Waals surface area contributed by atoms with Crippen molar-refractivity contribution < 1.29 is 9.53 Å². The summed E-state index contributed by atoms with van der Waals surface area (Å²) < 4.78 is 6.32. The van der Waals surface area contributed by atoms with E-state index in [0.29, 0.717) is 17.1 Å². The van der Waals surface area contributed by atoms with Crippen LogP contribution in [0.2, 0.25) is 0 Å². The zero-order chi connectivity index (χ0) is 20.3. The van der Waals surface area contributed by atoms with E-state index in [4.69, 9.17) is 4.74 Å². The highest BCUT2D eigenvalue weighted by Crippen LogP contribution is 2.20. The van der Waals surface area contributed by atoms with E-state index in [-0.39, 0.29) is 11.5 Å². The van der Waals surface area contributed by atoms with Gasteiger partial charge < -0.3 is 10.1 Å². The Morgan fingerprint density at radius 1 is 1.04 bits per heavy atom. The lowest BCUT2D eigenvalue weighted by molar-refractivity contribution is -0.119. The lowest BCUT2D eigenvalue weighted by Crippen LogP contribution is -2.33. The predicted molar refractivity (Wildman–Crippen MR) is 110 cm³/mol. The second kappa shape index (κ2) is 8.08. The molecule has 0 radical (unpaired) electrons. The molecule has 1 N–H and O–H groups in total. The average molecular weight is 377 g/mol. The monoisotopic (exact) mass is 377 g/mol. The van der Waals surface area contributed by atoms with Gasteiger partial charge in [-0.25, -0.2) is 4.68 Å². The summed E-state index contributed by atoms with van der Waals surface area (Å²) in [5.74, 6) is 0.377. The van der Waals surface area contributed by atoms with Crippen LogP contribution in [0.1, 0.15) is 24.1 Å². The maximum absolute atomic E-state index is 12.6. The van der Waals surface area contributed by atoms with Crippen molar-refractivity contribution in [3.05, 3.63) is 76.1 Å². The van der Waals surface area contributed by atoms with Crippen LogP contribution in [0.4, 0.5) is 5.69 Å². The van der Waals surface area contributed by atoms with Gasteiger partial charge in [0.2, 0.25) is 5.91 Å². The molecule has 6 heteroatoms. The normalized spacial score (nSPS) is 11.7. The van der Waals surface area contributed by atoms with Crippen molar-refractivity contribution in [3.8, 4) is 17.0 Å². The Labute approximate surface area is 163 Å². The third kappa shape index (κ3) is 4.11. The quantitative estimate of drug-likeness (QED) is 0.735. The van der Waals surface area contributed by atoms with E-state index >= 15 is 0 Å². The standard InChI is InChI=1S/C22H23N3O3/c1-14-5-6-17(13-15(14)2)20-11-12-21(26)25(24-20)16(3)22(27)23-18-7-9-19(28-4)10-8-18/h5-13,16H,1-4H3,(H,23,27)/t16-/m1/s1. The van der Waals surface area contributed by atoms with Gasteiger partial charge in [0.15, 0.2) is 0 Å². The molecule has 0 fully saturated rings. The second-order valence-electron chi connectivity index (χ2n) is 6.69. The number of hydrogen-bond donors (Lipinski definition) is 1. The Morgan fingerprint density at radius 2 is 1.75 bits per heavy atom. The Bertz CT molecular complexity index is 1060. The molecular weight excluding hydrogens is 354 g/mol. The van der Waals surface area contributed by atoms with E-state index in [1.165, 1.54) is 16.3 Å². The van der Waals surface area contributed by atoms with Crippen LogP contribution in [0.25, 0.3) is 11.3 Å². The summed E-state index contributed by atoms with van der Waals surface area (Å²) in [6.07, 6.45) is 0. The highest BCUT2D eigenvalue weighted by molar-refractivity contribution is 5.93. The van der Waals surface area contributed by atoms with Gasteiger partial charge in [0.05, 0.1) is 12.8 Å². The molecular formula is C22H23N3O3. The number of methoxy groups -OCH3 is 1. The van der Waals surface area contributed by atoms with Crippen LogP contribution in [-0.2, 0) is 4.79 Å². The Kier molecular flexibility index (Phi) is 5.59. The predicted octanol–water partition coefficient (Wildman–Crippen LogP) is 3.74. The Hall–Kier alpha value is -3.41. The molecule has 2 aromatic carbocycles. The number of aryl methyl sites for hydroxylation is 2. The molecule has 1 heterocycles. The fourth-order valence-corrected chi connectivity index (χ4v) is 2.79. The third-order valence-corrected chi connectivity index (χ3v) is 4.73. The first kappa shape index (κ1) is 19.4. The van der Waals surface area contributed by atoms with Crippen molar-refractivity contribution in [1.29, 1.82) is 0 Å². The molecule has 3 rings (SSSR count). The molecule has 1 atom stereocenters. The fourth-order valence-electron chi connectivity index (χ4n) is 2.79. The number of aromatic nitrogens is 2. The number of anilines is 1. The lowest BCUT2D eigenvalue weighted by Gasteiger charge is -2.15. The van der Waals surface area contributed by atoms with Crippen LogP contribution < -0.4 is 15.6 Å². The smallest absolute Gasteiger partial charge is 0.267 e. The minimum atomic E-state index is -0.763. The van der Waals surface area contributed by atoms with Crippen molar-refractivity contribution in [1.82, 2.24) is 9.78 Å². The van der Waals surface area contributed by atoms with E-state index in [9.17, 15) is 9.59 Å². The van der Waals surface area contributed by atoms with Gasteiger partial charge in [0, 0.05) is 17.3 Å².